The third kappa shape index (κ3) is 9.50. The lowest BCUT2D eigenvalue weighted by Gasteiger charge is -2.38. The third-order valence-electron chi connectivity index (χ3n) is 8.65. The maximum atomic E-state index is 13.1. The molecule has 0 unspecified atom stereocenters. The van der Waals surface area contributed by atoms with E-state index in [1.54, 1.807) is 0 Å². The van der Waals surface area contributed by atoms with E-state index in [4.69, 9.17) is 19.3 Å². The summed E-state index contributed by atoms with van der Waals surface area (Å²) in [5.41, 5.74) is 4.93. The lowest BCUT2D eigenvalue weighted by atomic mass is 9.97. The summed E-state index contributed by atoms with van der Waals surface area (Å²) in [4.78, 5) is 38.2. The largest absolute Gasteiger partial charge is 0.481 e. The van der Waals surface area contributed by atoms with Gasteiger partial charge in [-0.2, -0.15) is 0 Å². The number of carbonyl (C=O) groups is 3. The zero-order valence-corrected chi connectivity index (χ0v) is 27.9. The van der Waals surface area contributed by atoms with Gasteiger partial charge in [-0.1, -0.05) is 72.8 Å². The minimum atomic E-state index is -1.00. The van der Waals surface area contributed by atoms with E-state index in [2.05, 4.69) is 10.2 Å². The molecule has 2 aliphatic rings. The Morgan fingerprint density at radius 2 is 1.65 bits per heavy atom. The molecule has 5 rings (SSSR count). The van der Waals surface area contributed by atoms with Gasteiger partial charge in [0.05, 0.1) is 25.2 Å². The first-order chi connectivity index (χ1) is 23.0. The Hall–Kier alpha value is -4.09. The predicted molar refractivity (Wildman–Crippen MR) is 179 cm³/mol. The molecule has 0 aliphatic carbocycles. The van der Waals surface area contributed by atoms with Crippen LogP contribution in [0.3, 0.4) is 0 Å². The number of amides is 1. The van der Waals surface area contributed by atoms with Crippen molar-refractivity contribution in [2.45, 2.75) is 96.2 Å². The molecule has 2 saturated heterocycles. The number of carboxylic acids is 1. The quantitative estimate of drug-likeness (QED) is 0.210. The topological polar surface area (TPSA) is 135 Å². The average Bonchev–Trinajstić information content (AvgIpc) is 3.54. The molecule has 48 heavy (non-hydrogen) atoms. The zero-order chi connectivity index (χ0) is 34.3. The number of ether oxygens (including phenoxy) is 3. The van der Waals surface area contributed by atoms with E-state index in [-0.39, 0.29) is 56.1 Å². The number of hydrogen-bond donors (Lipinski definition) is 3. The molecule has 0 spiro atoms. The first kappa shape index (κ1) is 35.2. The van der Waals surface area contributed by atoms with E-state index in [1.807, 2.05) is 93.6 Å². The van der Waals surface area contributed by atoms with Gasteiger partial charge in [-0.3, -0.25) is 19.3 Å². The highest BCUT2D eigenvalue weighted by molar-refractivity contribution is 5.81. The number of likely N-dealkylation sites (tertiary alicyclic amines) is 1. The van der Waals surface area contributed by atoms with Crippen molar-refractivity contribution < 1.29 is 38.8 Å². The van der Waals surface area contributed by atoms with Gasteiger partial charge in [-0.15, -0.1) is 0 Å². The van der Waals surface area contributed by atoms with Crippen molar-refractivity contribution in [1.82, 2.24) is 10.2 Å². The van der Waals surface area contributed by atoms with Crippen molar-refractivity contribution in [3.63, 3.8) is 0 Å². The van der Waals surface area contributed by atoms with Gasteiger partial charge < -0.3 is 29.7 Å². The smallest absolute Gasteiger partial charge is 0.323 e. The van der Waals surface area contributed by atoms with Gasteiger partial charge in [-0.05, 0) is 68.0 Å². The molecule has 3 aromatic carbocycles. The van der Waals surface area contributed by atoms with Crippen LogP contribution in [0, 0.1) is 0 Å². The number of carbonyl (C=O) groups excluding carboxylic acids is 2. The van der Waals surface area contributed by atoms with E-state index < -0.39 is 17.9 Å². The molecule has 10 heteroatoms. The van der Waals surface area contributed by atoms with Gasteiger partial charge in [0.25, 0.3) is 0 Å². The molecule has 0 saturated carbocycles. The molecule has 3 aromatic rings. The summed E-state index contributed by atoms with van der Waals surface area (Å²) in [5, 5.41) is 21.2. The fraction of sp³-hybridized carbons (Fsp3) is 0.447. The molecular formula is C38H46N2O8. The summed E-state index contributed by atoms with van der Waals surface area (Å²) in [7, 11) is 0. The van der Waals surface area contributed by atoms with Crippen LogP contribution in [0.25, 0.3) is 11.1 Å². The van der Waals surface area contributed by atoms with Crippen LogP contribution in [0.4, 0.5) is 0 Å². The Labute approximate surface area is 282 Å². The minimum Gasteiger partial charge on any atom is -0.481 e. The van der Waals surface area contributed by atoms with Crippen molar-refractivity contribution >= 4 is 17.8 Å². The van der Waals surface area contributed by atoms with Crippen LogP contribution in [-0.4, -0.2) is 63.8 Å². The van der Waals surface area contributed by atoms with Gasteiger partial charge in [-0.25, -0.2) is 0 Å². The Morgan fingerprint density at radius 1 is 0.938 bits per heavy atom. The van der Waals surface area contributed by atoms with Crippen LogP contribution >= 0.6 is 0 Å². The predicted octanol–water partition coefficient (Wildman–Crippen LogP) is 5.68. The lowest BCUT2D eigenvalue weighted by Crippen LogP contribution is -2.45. The van der Waals surface area contributed by atoms with Crippen LogP contribution in [0.2, 0.25) is 0 Å². The number of aliphatic hydroxyl groups excluding tert-OH is 1. The number of esters is 1. The molecule has 0 aromatic heterocycles. The summed E-state index contributed by atoms with van der Waals surface area (Å²) >= 11 is 0. The first-order valence-corrected chi connectivity index (χ1v) is 16.6. The normalized spacial score (nSPS) is 21.5. The van der Waals surface area contributed by atoms with Gasteiger partial charge in [0.15, 0.2) is 6.29 Å². The number of aliphatic hydroxyl groups is 1. The molecule has 10 nitrogen and oxygen atoms in total. The summed E-state index contributed by atoms with van der Waals surface area (Å²) in [6, 6.07) is 23.2. The molecule has 0 radical (unpaired) electrons. The number of aliphatic carboxylic acids is 1. The summed E-state index contributed by atoms with van der Waals surface area (Å²) < 4.78 is 18.9. The molecule has 2 heterocycles. The molecule has 4 atom stereocenters. The Bertz CT molecular complexity index is 1550. The fourth-order valence-corrected chi connectivity index (χ4v) is 6.25. The number of benzene rings is 3. The van der Waals surface area contributed by atoms with Gasteiger partial charge in [0.1, 0.15) is 11.6 Å². The highest BCUT2D eigenvalue weighted by atomic mass is 16.7. The second-order valence-electron chi connectivity index (χ2n) is 13.5. The van der Waals surface area contributed by atoms with Crippen LogP contribution < -0.4 is 5.32 Å². The highest BCUT2D eigenvalue weighted by Gasteiger charge is 2.39. The molecule has 256 valence electrons. The third-order valence-corrected chi connectivity index (χ3v) is 8.65. The van der Waals surface area contributed by atoms with Crippen molar-refractivity contribution in [1.29, 1.82) is 0 Å². The van der Waals surface area contributed by atoms with Crippen LogP contribution in [0.15, 0.2) is 72.8 Å². The first-order valence-electron chi connectivity index (χ1n) is 16.6. The van der Waals surface area contributed by atoms with E-state index in [0.29, 0.717) is 13.0 Å². The van der Waals surface area contributed by atoms with Crippen LogP contribution in [0.1, 0.15) is 87.5 Å². The van der Waals surface area contributed by atoms with Gasteiger partial charge in [0.2, 0.25) is 5.91 Å². The maximum absolute atomic E-state index is 13.1. The Morgan fingerprint density at radius 3 is 2.33 bits per heavy atom. The molecular weight excluding hydrogens is 612 g/mol. The summed E-state index contributed by atoms with van der Waals surface area (Å²) in [6.45, 7) is 7.26. The maximum Gasteiger partial charge on any atom is 0.323 e. The minimum absolute atomic E-state index is 0.0340. The number of carboxylic acid groups (broad SMARTS) is 1. The molecule has 2 fully saturated rings. The van der Waals surface area contributed by atoms with Crippen molar-refractivity contribution in [3.8, 4) is 11.1 Å². The number of nitrogens with one attached hydrogen (secondary N) is 1. The summed E-state index contributed by atoms with van der Waals surface area (Å²) in [6.07, 6.45) is 0.884. The Balaban J connectivity index is 1.33. The fourth-order valence-electron chi connectivity index (χ4n) is 6.25. The standard InChI is InChI=1S/C38H46N2O8/c1-38(2,3)48-36(45)32-9-6-20-40(32)23-30-21-33(27-12-10-25(24-41)11-13-27)47-37(46-30)28-16-14-26(15-17-28)31-8-5-4-7-29(31)22-39-34(42)18-19-35(43)44/h4-5,7-8,10-17,30,32-33,37,41H,6,9,18-24H2,1-3H3,(H,39,42)(H,43,44)/t30-,32+,33+,37+/m1/s1. The molecule has 0 bridgehead atoms. The van der Waals surface area contributed by atoms with Crippen molar-refractivity contribution in [3.05, 3.63) is 95.1 Å². The van der Waals surface area contributed by atoms with E-state index in [1.165, 1.54) is 0 Å². The van der Waals surface area contributed by atoms with Crippen LogP contribution in [0.5, 0.6) is 0 Å². The van der Waals surface area contributed by atoms with E-state index in [9.17, 15) is 19.5 Å². The van der Waals surface area contributed by atoms with Crippen molar-refractivity contribution in [2.24, 2.45) is 0 Å². The van der Waals surface area contributed by atoms with E-state index >= 15 is 0 Å². The molecule has 2 aliphatic heterocycles. The van der Waals surface area contributed by atoms with Gasteiger partial charge >= 0.3 is 11.9 Å². The monoisotopic (exact) mass is 658 g/mol. The number of rotatable bonds is 12. The summed E-state index contributed by atoms with van der Waals surface area (Å²) in [5.74, 6) is -1.51. The second-order valence-corrected chi connectivity index (χ2v) is 13.5. The second kappa shape index (κ2) is 15.9. The Kier molecular flexibility index (Phi) is 11.6. The number of nitrogens with zero attached hydrogens (tertiary/aromatic N) is 1. The molecule has 3 N–H and O–H groups in total. The van der Waals surface area contributed by atoms with Crippen molar-refractivity contribution in [2.75, 3.05) is 13.1 Å². The van der Waals surface area contributed by atoms with Gasteiger partial charge in [0, 0.05) is 31.5 Å². The van der Waals surface area contributed by atoms with E-state index in [0.717, 1.165) is 52.8 Å². The van der Waals surface area contributed by atoms with Crippen LogP contribution in [-0.2, 0) is 41.7 Å². The lowest BCUT2D eigenvalue weighted by molar-refractivity contribution is -0.253. The molecule has 1 amide bonds. The SMILES string of the molecule is CC(C)(C)OC(=O)[C@@H]1CCCN1C[C@H]1C[C@@H](c2ccc(CO)cc2)O[C@@H](c2ccc(-c3ccccc3CNC(=O)CCC(=O)O)cc2)O1. The average molecular weight is 659 g/mol. The highest BCUT2D eigenvalue weighted by Crippen LogP contribution is 2.39. The zero-order valence-electron chi connectivity index (χ0n) is 27.9. The number of hydrogen-bond acceptors (Lipinski definition) is 8.